The molecule has 0 radical (unpaired) electrons. The Morgan fingerprint density at radius 3 is 2.73 bits per heavy atom. The summed E-state index contributed by atoms with van der Waals surface area (Å²) in [6.45, 7) is 6.56. The number of oxime groups is 1. The van der Waals surface area contributed by atoms with E-state index in [1.165, 1.54) is 0 Å². The highest BCUT2D eigenvalue weighted by molar-refractivity contribution is 5.72. The number of allylic oxidation sites excluding steroid dienone is 1. The lowest BCUT2D eigenvalue weighted by Gasteiger charge is -2.10. The minimum Gasteiger partial charge on any atom is -0.445 e. The summed E-state index contributed by atoms with van der Waals surface area (Å²) in [4.78, 5) is 10.9. The summed E-state index contributed by atoms with van der Waals surface area (Å²) in [6.07, 6.45) is 4.38. The summed E-state index contributed by atoms with van der Waals surface area (Å²) in [6, 6.07) is 0. The third-order valence-corrected chi connectivity index (χ3v) is 1.35. The number of carbonyl (C=O) groups excluding carboxylic acids is 1. The number of nitrogens with zero attached hydrogens (tertiary/aromatic N) is 1. The number of carbonyl (C=O) groups is 1. The Kier molecular flexibility index (Phi) is 6.17. The Labute approximate surface area is 89.8 Å². The first-order valence-corrected chi connectivity index (χ1v) is 4.70. The first kappa shape index (κ1) is 13.5. The van der Waals surface area contributed by atoms with Gasteiger partial charge in [0.25, 0.3) is 0 Å². The molecule has 0 aliphatic carbocycles. The van der Waals surface area contributed by atoms with Crippen molar-refractivity contribution >= 4 is 12.3 Å². The molecule has 0 rings (SSSR count). The first-order chi connectivity index (χ1) is 6.95. The van der Waals surface area contributed by atoms with Crippen LogP contribution in [0.2, 0.25) is 0 Å². The minimum atomic E-state index is -0.534. The maximum Gasteiger partial charge on any atom is 0.407 e. The molecule has 15 heavy (non-hydrogen) atoms. The van der Waals surface area contributed by atoms with E-state index in [-0.39, 0.29) is 18.6 Å². The molecular formula is C10H18N2O3. The molecule has 5 nitrogen and oxygen atoms in total. The second kappa shape index (κ2) is 6.86. The summed E-state index contributed by atoms with van der Waals surface area (Å²) in [5.74, 6) is 0. The van der Waals surface area contributed by atoms with Gasteiger partial charge in [-0.15, -0.1) is 5.16 Å². The molecule has 0 fully saturated rings. The lowest BCUT2D eigenvalue weighted by molar-refractivity contribution is 0.159. The molecule has 5 heteroatoms. The molecule has 2 N–H and O–H groups in total. The van der Waals surface area contributed by atoms with Crippen LogP contribution in [-0.4, -0.2) is 30.7 Å². The summed E-state index contributed by atoms with van der Waals surface area (Å²) >= 11 is 0. The van der Waals surface area contributed by atoms with Crippen LogP contribution in [0.4, 0.5) is 4.79 Å². The van der Waals surface area contributed by atoms with Crippen LogP contribution >= 0.6 is 0 Å². The normalized spacial score (nSPS) is 12.2. The van der Waals surface area contributed by atoms with Crippen molar-refractivity contribution in [2.75, 3.05) is 13.2 Å². The quantitative estimate of drug-likeness (QED) is 0.324. The smallest absolute Gasteiger partial charge is 0.407 e. The van der Waals surface area contributed by atoms with Gasteiger partial charge in [0, 0.05) is 0 Å². The molecule has 1 amide bonds. The molecule has 0 unspecified atom stereocenters. The largest absolute Gasteiger partial charge is 0.445 e. The lowest BCUT2D eigenvalue weighted by Crippen LogP contribution is -2.26. The van der Waals surface area contributed by atoms with E-state index < -0.39 is 6.09 Å². The second-order valence-electron chi connectivity index (χ2n) is 4.05. The number of alkyl carbamates (subject to hydrolysis) is 1. The zero-order valence-electron chi connectivity index (χ0n) is 9.36. The average molecular weight is 214 g/mol. The monoisotopic (exact) mass is 214 g/mol. The van der Waals surface area contributed by atoms with Crippen molar-refractivity contribution in [2.24, 2.45) is 10.6 Å². The van der Waals surface area contributed by atoms with Crippen molar-refractivity contribution in [1.82, 2.24) is 5.32 Å². The van der Waals surface area contributed by atoms with Crippen molar-refractivity contribution in [1.29, 1.82) is 0 Å². The maximum absolute atomic E-state index is 10.9. The van der Waals surface area contributed by atoms with Gasteiger partial charge in [-0.05, 0) is 5.41 Å². The Morgan fingerprint density at radius 1 is 1.53 bits per heavy atom. The molecule has 0 spiro atoms. The fourth-order valence-corrected chi connectivity index (χ4v) is 0.746. The van der Waals surface area contributed by atoms with Gasteiger partial charge in [0.05, 0.1) is 12.8 Å². The molecule has 0 heterocycles. The summed E-state index contributed by atoms with van der Waals surface area (Å²) < 4.78 is 4.80. The number of hydrogen-bond donors (Lipinski definition) is 2. The predicted octanol–water partition coefficient (Wildman–Crippen LogP) is 1.77. The molecular weight excluding hydrogens is 196 g/mol. The Bertz CT molecular complexity index is 242. The molecule has 0 saturated carbocycles. The summed E-state index contributed by atoms with van der Waals surface area (Å²) in [7, 11) is 0. The van der Waals surface area contributed by atoms with Crippen LogP contribution in [0.1, 0.15) is 20.8 Å². The van der Waals surface area contributed by atoms with Crippen LogP contribution in [-0.2, 0) is 4.74 Å². The molecule has 0 atom stereocenters. The van der Waals surface area contributed by atoms with E-state index >= 15 is 0 Å². The third kappa shape index (κ3) is 10.4. The number of nitrogens with one attached hydrogen (secondary N) is 1. The zero-order chi connectivity index (χ0) is 11.7. The second-order valence-corrected chi connectivity index (χ2v) is 4.05. The van der Waals surface area contributed by atoms with Gasteiger partial charge in [-0.25, -0.2) is 4.79 Å². The van der Waals surface area contributed by atoms with Gasteiger partial charge >= 0.3 is 6.09 Å². The fourth-order valence-electron chi connectivity index (χ4n) is 0.746. The highest BCUT2D eigenvalue weighted by Gasteiger charge is 2.03. The van der Waals surface area contributed by atoms with E-state index in [0.29, 0.717) is 0 Å². The van der Waals surface area contributed by atoms with Crippen molar-refractivity contribution < 1.29 is 14.7 Å². The molecule has 0 bridgehead atoms. The van der Waals surface area contributed by atoms with E-state index in [2.05, 4.69) is 31.2 Å². The number of ether oxygens (including phenoxy) is 1. The van der Waals surface area contributed by atoms with Gasteiger partial charge < -0.3 is 15.3 Å². The molecule has 0 aliphatic heterocycles. The standard InChI is InChI=1S/C10H18N2O3/c1-10(2,3)5-4-8-15-9(13)11-6-7-12-14/h4-5,7,14H,6,8H2,1-3H3,(H,11,13). The van der Waals surface area contributed by atoms with Crippen LogP contribution < -0.4 is 5.32 Å². The predicted molar refractivity (Wildman–Crippen MR) is 58.2 cm³/mol. The van der Waals surface area contributed by atoms with E-state index in [1.807, 2.05) is 6.08 Å². The van der Waals surface area contributed by atoms with Crippen LogP contribution in [0.25, 0.3) is 0 Å². The summed E-state index contributed by atoms with van der Waals surface area (Å²) in [5.41, 5.74) is 0.0867. The molecule has 0 aliphatic rings. The number of hydrogen-bond acceptors (Lipinski definition) is 4. The molecule has 86 valence electrons. The zero-order valence-corrected chi connectivity index (χ0v) is 9.36. The average Bonchev–Trinajstić information content (AvgIpc) is 2.11. The van der Waals surface area contributed by atoms with E-state index in [4.69, 9.17) is 9.94 Å². The van der Waals surface area contributed by atoms with Gasteiger partial charge in [-0.2, -0.15) is 0 Å². The maximum atomic E-state index is 10.9. The molecule has 0 aromatic heterocycles. The van der Waals surface area contributed by atoms with Crippen LogP contribution in [0.15, 0.2) is 17.3 Å². The molecule has 0 aromatic rings. The van der Waals surface area contributed by atoms with Crippen LogP contribution in [0.3, 0.4) is 0 Å². The Morgan fingerprint density at radius 2 is 2.20 bits per heavy atom. The van der Waals surface area contributed by atoms with E-state index in [0.717, 1.165) is 6.21 Å². The van der Waals surface area contributed by atoms with Gasteiger partial charge in [0.2, 0.25) is 0 Å². The van der Waals surface area contributed by atoms with Gasteiger partial charge in [-0.1, -0.05) is 32.9 Å². The molecule has 0 saturated heterocycles. The highest BCUT2D eigenvalue weighted by atomic mass is 16.5. The van der Waals surface area contributed by atoms with E-state index in [9.17, 15) is 4.79 Å². The minimum absolute atomic E-state index is 0.0867. The number of rotatable bonds is 4. The first-order valence-electron chi connectivity index (χ1n) is 4.70. The van der Waals surface area contributed by atoms with Crippen molar-refractivity contribution in [3.8, 4) is 0 Å². The number of amides is 1. The fraction of sp³-hybridized carbons (Fsp3) is 0.600. The van der Waals surface area contributed by atoms with Gasteiger partial charge in [0.15, 0.2) is 0 Å². The van der Waals surface area contributed by atoms with Crippen LogP contribution in [0, 0.1) is 5.41 Å². The van der Waals surface area contributed by atoms with Crippen molar-refractivity contribution in [2.45, 2.75) is 20.8 Å². The third-order valence-electron chi connectivity index (χ3n) is 1.35. The Hall–Kier alpha value is -1.52. The summed E-state index contributed by atoms with van der Waals surface area (Å²) in [5, 5.41) is 13.2. The van der Waals surface area contributed by atoms with E-state index in [1.54, 1.807) is 6.08 Å². The Balaban J connectivity index is 3.59. The topological polar surface area (TPSA) is 70.9 Å². The highest BCUT2D eigenvalue weighted by Crippen LogP contribution is 2.13. The molecule has 0 aromatic carbocycles. The SMILES string of the molecule is CC(C)(C)C=CCOC(=O)NCC=NO. The van der Waals surface area contributed by atoms with Crippen LogP contribution in [0.5, 0.6) is 0 Å². The van der Waals surface area contributed by atoms with Gasteiger partial charge in [-0.3, -0.25) is 0 Å². The van der Waals surface area contributed by atoms with Crippen molar-refractivity contribution in [3.05, 3.63) is 12.2 Å². The lowest BCUT2D eigenvalue weighted by atomic mass is 9.96. The van der Waals surface area contributed by atoms with Crippen molar-refractivity contribution in [3.63, 3.8) is 0 Å². The van der Waals surface area contributed by atoms with Gasteiger partial charge in [0.1, 0.15) is 6.61 Å².